The third-order valence-corrected chi connectivity index (χ3v) is 4.20. The number of aryl methyl sites for hydroxylation is 1. The van der Waals surface area contributed by atoms with Gasteiger partial charge in [0.15, 0.2) is 0 Å². The number of aromatic hydroxyl groups is 2. The van der Waals surface area contributed by atoms with Crippen LogP contribution in [0.15, 0.2) is 42.5 Å². The van der Waals surface area contributed by atoms with Gasteiger partial charge in [0.2, 0.25) is 0 Å². The third-order valence-electron chi connectivity index (χ3n) is 3.67. The largest absolute Gasteiger partial charge is 0.508 e. The van der Waals surface area contributed by atoms with Crippen LogP contribution in [0.4, 0.5) is 5.69 Å². The molecule has 0 aliphatic rings. The van der Waals surface area contributed by atoms with Crippen molar-refractivity contribution in [1.82, 2.24) is 0 Å². The number of phenols is 2. The molecule has 0 bridgehead atoms. The molecule has 6 nitrogen and oxygen atoms in total. The molecule has 5 N–H and O–H groups in total. The van der Waals surface area contributed by atoms with Crippen LogP contribution in [-0.2, 0) is 11.0 Å². The first-order chi connectivity index (χ1) is 10.7. The predicted octanol–water partition coefficient (Wildman–Crippen LogP) is 3.34. The highest BCUT2D eigenvalue weighted by atomic mass is 31.2. The number of rotatable bonds is 6. The Balaban J connectivity index is 2.10. The maximum Gasteiger partial charge on any atom is 0.427 e. The number of phenolic OH excluding ortho intramolecular Hbond substituents is 2. The van der Waals surface area contributed by atoms with E-state index in [1.165, 1.54) is 12.1 Å². The van der Waals surface area contributed by atoms with Crippen molar-refractivity contribution in [3.63, 3.8) is 0 Å². The fourth-order valence-corrected chi connectivity index (χ4v) is 2.91. The summed E-state index contributed by atoms with van der Waals surface area (Å²) in [5, 5.41) is 20.9. The molecule has 0 aliphatic heterocycles. The molecule has 0 aliphatic carbocycles. The monoisotopic (exact) mass is 337 g/mol. The standard InChI is InChI=1S/C16H20NO5P/c1-11(12-4-7-14(18)8-5-12)2-3-13-6-9-15(19)10-16(13)17-23(20,21)22/h4-11,18-19H,2-3H2,1H3,(H3,17,20,21,22). The van der Waals surface area contributed by atoms with Gasteiger partial charge >= 0.3 is 7.75 Å². The normalized spacial score (nSPS) is 12.8. The molecular weight excluding hydrogens is 317 g/mol. The van der Waals surface area contributed by atoms with Crippen LogP contribution in [0.1, 0.15) is 30.4 Å². The van der Waals surface area contributed by atoms with Gasteiger partial charge in [-0.1, -0.05) is 25.1 Å². The van der Waals surface area contributed by atoms with Crippen molar-refractivity contribution in [2.24, 2.45) is 0 Å². The number of anilines is 1. The first-order valence-electron chi connectivity index (χ1n) is 7.19. The summed E-state index contributed by atoms with van der Waals surface area (Å²) in [6.45, 7) is 2.04. The summed E-state index contributed by atoms with van der Waals surface area (Å²) in [4.78, 5) is 18.1. The van der Waals surface area contributed by atoms with Crippen LogP contribution < -0.4 is 5.09 Å². The average Bonchev–Trinajstić information content (AvgIpc) is 2.45. The van der Waals surface area contributed by atoms with Gasteiger partial charge in [0.1, 0.15) is 11.5 Å². The molecule has 0 fully saturated rings. The highest BCUT2D eigenvalue weighted by Gasteiger charge is 2.16. The molecule has 0 saturated carbocycles. The molecule has 23 heavy (non-hydrogen) atoms. The van der Waals surface area contributed by atoms with Crippen LogP contribution in [0.25, 0.3) is 0 Å². The highest BCUT2D eigenvalue weighted by Crippen LogP contribution is 2.38. The first-order valence-corrected chi connectivity index (χ1v) is 8.80. The van der Waals surface area contributed by atoms with Crippen LogP contribution in [0.2, 0.25) is 0 Å². The minimum Gasteiger partial charge on any atom is -0.508 e. The molecule has 0 spiro atoms. The van der Waals surface area contributed by atoms with Gasteiger partial charge in [-0.3, -0.25) is 5.09 Å². The van der Waals surface area contributed by atoms with E-state index in [1.54, 1.807) is 18.2 Å². The first kappa shape index (κ1) is 17.3. The van der Waals surface area contributed by atoms with Crippen LogP contribution in [0.3, 0.4) is 0 Å². The van der Waals surface area contributed by atoms with E-state index >= 15 is 0 Å². The molecular formula is C16H20NO5P. The number of benzene rings is 2. The summed E-state index contributed by atoms with van der Waals surface area (Å²) < 4.78 is 11.1. The SMILES string of the molecule is CC(CCc1ccc(O)cc1NP(=O)(O)O)c1ccc(O)cc1. The van der Waals surface area contributed by atoms with E-state index in [-0.39, 0.29) is 23.1 Å². The predicted molar refractivity (Wildman–Crippen MR) is 88.6 cm³/mol. The maximum absolute atomic E-state index is 11.1. The van der Waals surface area contributed by atoms with E-state index in [9.17, 15) is 14.8 Å². The van der Waals surface area contributed by atoms with Gasteiger partial charge < -0.3 is 20.0 Å². The van der Waals surface area contributed by atoms with E-state index in [0.717, 1.165) is 17.5 Å². The molecule has 0 heterocycles. The van der Waals surface area contributed by atoms with Gasteiger partial charge in [0.05, 0.1) is 5.69 Å². The Hall–Kier alpha value is -2.01. The Morgan fingerprint density at radius 1 is 1.04 bits per heavy atom. The Morgan fingerprint density at radius 2 is 1.65 bits per heavy atom. The molecule has 1 unspecified atom stereocenters. The molecule has 0 aromatic heterocycles. The zero-order valence-corrected chi connectivity index (χ0v) is 13.6. The Labute approximate surface area is 134 Å². The topological polar surface area (TPSA) is 110 Å². The van der Waals surface area contributed by atoms with Crippen LogP contribution >= 0.6 is 7.75 Å². The van der Waals surface area contributed by atoms with Crippen molar-refractivity contribution in [3.8, 4) is 11.5 Å². The summed E-state index contributed by atoms with van der Waals surface area (Å²) in [6, 6.07) is 11.4. The summed E-state index contributed by atoms with van der Waals surface area (Å²) >= 11 is 0. The van der Waals surface area contributed by atoms with Crippen molar-refractivity contribution in [3.05, 3.63) is 53.6 Å². The minimum atomic E-state index is -4.43. The highest BCUT2D eigenvalue weighted by molar-refractivity contribution is 7.53. The van der Waals surface area contributed by atoms with Crippen molar-refractivity contribution in [2.75, 3.05) is 5.09 Å². The zero-order chi connectivity index (χ0) is 17.0. The molecule has 2 aromatic carbocycles. The van der Waals surface area contributed by atoms with Gasteiger partial charge in [-0.25, -0.2) is 4.57 Å². The lowest BCUT2D eigenvalue weighted by Gasteiger charge is -2.16. The lowest BCUT2D eigenvalue weighted by Crippen LogP contribution is -2.01. The smallest absolute Gasteiger partial charge is 0.427 e. The van der Waals surface area contributed by atoms with Gasteiger partial charge in [-0.05, 0) is 48.1 Å². The molecule has 0 saturated heterocycles. The van der Waals surface area contributed by atoms with E-state index in [1.807, 2.05) is 19.1 Å². The van der Waals surface area contributed by atoms with Crippen molar-refractivity contribution in [1.29, 1.82) is 0 Å². The molecule has 2 rings (SSSR count). The van der Waals surface area contributed by atoms with E-state index in [4.69, 9.17) is 9.79 Å². The molecule has 0 radical (unpaired) electrons. The van der Waals surface area contributed by atoms with E-state index in [2.05, 4.69) is 5.09 Å². The minimum absolute atomic E-state index is 0.0590. The number of hydrogen-bond donors (Lipinski definition) is 5. The summed E-state index contributed by atoms with van der Waals surface area (Å²) in [6.07, 6.45) is 1.34. The van der Waals surface area contributed by atoms with Crippen molar-refractivity contribution in [2.45, 2.75) is 25.7 Å². The van der Waals surface area contributed by atoms with E-state index in [0.29, 0.717) is 6.42 Å². The Kier molecular flexibility index (Phi) is 5.31. The van der Waals surface area contributed by atoms with Crippen LogP contribution in [0.5, 0.6) is 11.5 Å². The van der Waals surface area contributed by atoms with Crippen molar-refractivity contribution >= 4 is 13.4 Å². The summed E-state index contributed by atoms with van der Waals surface area (Å²) in [5.74, 6) is 0.371. The fourth-order valence-electron chi connectivity index (χ4n) is 2.38. The van der Waals surface area contributed by atoms with Gasteiger partial charge in [-0.2, -0.15) is 0 Å². The second-order valence-electron chi connectivity index (χ2n) is 5.53. The Morgan fingerprint density at radius 3 is 2.26 bits per heavy atom. The zero-order valence-electron chi connectivity index (χ0n) is 12.7. The third kappa shape index (κ3) is 5.28. The maximum atomic E-state index is 11.1. The molecule has 124 valence electrons. The van der Waals surface area contributed by atoms with Crippen LogP contribution in [-0.4, -0.2) is 20.0 Å². The fraction of sp³-hybridized carbons (Fsp3) is 0.250. The molecule has 1 atom stereocenters. The van der Waals surface area contributed by atoms with Gasteiger partial charge in [-0.15, -0.1) is 0 Å². The lowest BCUT2D eigenvalue weighted by atomic mass is 9.93. The number of hydrogen-bond acceptors (Lipinski definition) is 3. The second kappa shape index (κ2) is 7.04. The van der Waals surface area contributed by atoms with Crippen LogP contribution in [0, 0.1) is 0 Å². The lowest BCUT2D eigenvalue weighted by molar-refractivity contribution is 0.380. The van der Waals surface area contributed by atoms with Gasteiger partial charge in [0, 0.05) is 6.07 Å². The quantitative estimate of drug-likeness (QED) is 0.517. The second-order valence-corrected chi connectivity index (χ2v) is 6.84. The number of nitrogens with one attached hydrogen (secondary N) is 1. The average molecular weight is 337 g/mol. The Bertz CT molecular complexity index is 711. The summed E-state index contributed by atoms with van der Waals surface area (Å²) in [7, 11) is -4.43. The van der Waals surface area contributed by atoms with E-state index < -0.39 is 7.75 Å². The molecule has 2 aromatic rings. The van der Waals surface area contributed by atoms with Gasteiger partial charge in [0.25, 0.3) is 0 Å². The summed E-state index contributed by atoms with van der Waals surface area (Å²) in [5.41, 5.74) is 2.03. The molecule has 0 amide bonds. The molecule has 7 heteroatoms. The van der Waals surface area contributed by atoms with Crippen molar-refractivity contribution < 1.29 is 24.6 Å².